The van der Waals surface area contributed by atoms with Crippen molar-refractivity contribution in [3.8, 4) is 28.7 Å². The van der Waals surface area contributed by atoms with Crippen molar-refractivity contribution >= 4 is 11.8 Å². The average Bonchev–Trinajstić information content (AvgIpc) is 3.02. The molecule has 0 aliphatic carbocycles. The number of hydrogen-bond acceptors (Lipinski definition) is 7. The lowest BCUT2D eigenvalue weighted by atomic mass is 10.1. The maximum absolute atomic E-state index is 13.1. The van der Waals surface area contributed by atoms with Crippen molar-refractivity contribution in [3.05, 3.63) is 41.5 Å². The van der Waals surface area contributed by atoms with E-state index < -0.39 is 0 Å². The van der Waals surface area contributed by atoms with E-state index in [4.69, 9.17) is 14.2 Å². The number of hydrogen-bond donors (Lipinski definition) is 2. The van der Waals surface area contributed by atoms with E-state index in [1.807, 2.05) is 0 Å². The number of carbonyl (C=O) groups excluding carboxylic acids is 2. The predicted octanol–water partition coefficient (Wildman–Crippen LogP) is 2.11. The minimum absolute atomic E-state index is 0.183. The molecule has 1 fully saturated rings. The number of nitrogens with zero attached hydrogens (tertiary/aromatic N) is 2. The summed E-state index contributed by atoms with van der Waals surface area (Å²) in [6.45, 7) is 1.59. The third kappa shape index (κ3) is 4.76. The number of phenolic OH excluding ortho intramolecular Hbond substituents is 2. The lowest BCUT2D eigenvalue weighted by Gasteiger charge is -2.23. The summed E-state index contributed by atoms with van der Waals surface area (Å²) in [5, 5.41) is 19.3. The van der Waals surface area contributed by atoms with Crippen LogP contribution < -0.4 is 14.2 Å². The Hall–Kier alpha value is -3.62. The summed E-state index contributed by atoms with van der Waals surface area (Å²) in [6, 6.07) is 6.99. The zero-order valence-electron chi connectivity index (χ0n) is 17.8. The van der Waals surface area contributed by atoms with Crippen LogP contribution in [0.2, 0.25) is 0 Å². The molecule has 0 saturated carbocycles. The summed E-state index contributed by atoms with van der Waals surface area (Å²) in [6.07, 6.45) is 0.590. The maximum atomic E-state index is 13.1. The van der Waals surface area contributed by atoms with Gasteiger partial charge in [-0.05, 0) is 30.7 Å². The number of rotatable bonds is 5. The molecule has 9 heteroatoms. The van der Waals surface area contributed by atoms with Gasteiger partial charge in [0, 0.05) is 43.4 Å². The maximum Gasteiger partial charge on any atom is 0.254 e. The number of carbonyl (C=O) groups is 2. The quantitative estimate of drug-likeness (QED) is 0.748. The Kier molecular flexibility index (Phi) is 6.74. The molecular formula is C22H26N2O7. The Bertz CT molecular complexity index is 931. The van der Waals surface area contributed by atoms with Crippen molar-refractivity contribution in [2.75, 3.05) is 47.5 Å². The topological polar surface area (TPSA) is 109 Å². The average molecular weight is 430 g/mol. The van der Waals surface area contributed by atoms with Gasteiger partial charge in [0.05, 0.1) is 21.3 Å². The van der Waals surface area contributed by atoms with Gasteiger partial charge in [0.25, 0.3) is 11.8 Å². The summed E-state index contributed by atoms with van der Waals surface area (Å²) in [5.41, 5.74) is 0.592. The van der Waals surface area contributed by atoms with E-state index in [9.17, 15) is 19.8 Å². The van der Waals surface area contributed by atoms with Gasteiger partial charge < -0.3 is 34.2 Å². The Labute approximate surface area is 180 Å². The molecule has 1 saturated heterocycles. The smallest absolute Gasteiger partial charge is 0.254 e. The summed E-state index contributed by atoms with van der Waals surface area (Å²) in [4.78, 5) is 29.2. The Morgan fingerprint density at radius 3 is 1.58 bits per heavy atom. The fourth-order valence-electron chi connectivity index (χ4n) is 3.61. The Morgan fingerprint density at radius 1 is 0.710 bits per heavy atom. The summed E-state index contributed by atoms with van der Waals surface area (Å²) in [7, 11) is 4.47. The van der Waals surface area contributed by atoms with Crippen LogP contribution in [0.5, 0.6) is 28.7 Å². The highest BCUT2D eigenvalue weighted by atomic mass is 16.5. The van der Waals surface area contributed by atoms with Crippen molar-refractivity contribution in [3.63, 3.8) is 0 Å². The molecule has 1 aliphatic heterocycles. The highest BCUT2D eigenvalue weighted by Crippen LogP contribution is 2.38. The monoisotopic (exact) mass is 430 g/mol. The van der Waals surface area contributed by atoms with E-state index in [1.54, 1.807) is 21.9 Å². The van der Waals surface area contributed by atoms with Crippen LogP contribution in [-0.4, -0.2) is 79.3 Å². The van der Waals surface area contributed by atoms with E-state index >= 15 is 0 Å². The number of phenols is 2. The van der Waals surface area contributed by atoms with Crippen molar-refractivity contribution in [1.82, 2.24) is 9.80 Å². The molecule has 0 atom stereocenters. The van der Waals surface area contributed by atoms with Crippen molar-refractivity contribution in [2.24, 2.45) is 0 Å². The van der Waals surface area contributed by atoms with Crippen LogP contribution in [0.4, 0.5) is 0 Å². The normalized spacial score (nSPS) is 14.0. The number of methoxy groups -OCH3 is 3. The lowest BCUT2D eigenvalue weighted by Crippen LogP contribution is -2.37. The third-order valence-electron chi connectivity index (χ3n) is 5.13. The summed E-state index contributed by atoms with van der Waals surface area (Å²) >= 11 is 0. The number of ether oxygens (including phenoxy) is 3. The molecule has 3 rings (SSSR count). The molecule has 2 amide bonds. The highest BCUT2D eigenvalue weighted by Gasteiger charge is 2.26. The number of amides is 2. The minimum Gasteiger partial charge on any atom is -0.508 e. The SMILES string of the molecule is COc1cc(C(=O)N2CCCN(C(=O)c3cc(O)cc(O)c3)CC2)cc(OC)c1OC. The largest absolute Gasteiger partial charge is 0.508 e. The van der Waals surface area contributed by atoms with Crippen LogP contribution in [0.1, 0.15) is 27.1 Å². The van der Waals surface area contributed by atoms with Crippen LogP contribution in [0.15, 0.2) is 30.3 Å². The molecule has 0 spiro atoms. The molecule has 166 valence electrons. The van der Waals surface area contributed by atoms with E-state index in [0.717, 1.165) is 6.07 Å². The molecule has 9 nitrogen and oxygen atoms in total. The molecule has 31 heavy (non-hydrogen) atoms. The van der Waals surface area contributed by atoms with Crippen LogP contribution in [-0.2, 0) is 0 Å². The molecule has 2 aromatic rings. The first-order valence-corrected chi connectivity index (χ1v) is 9.79. The molecule has 0 bridgehead atoms. The molecule has 2 N–H and O–H groups in total. The van der Waals surface area contributed by atoms with Gasteiger partial charge >= 0.3 is 0 Å². The zero-order chi connectivity index (χ0) is 22.5. The van der Waals surface area contributed by atoms with Gasteiger partial charge in [-0.25, -0.2) is 0 Å². The van der Waals surface area contributed by atoms with Crippen molar-refractivity contribution < 1.29 is 34.0 Å². The van der Waals surface area contributed by atoms with Gasteiger partial charge in [-0.2, -0.15) is 0 Å². The second-order valence-corrected chi connectivity index (χ2v) is 7.09. The first kappa shape index (κ1) is 22.1. The molecule has 0 radical (unpaired) electrons. The molecule has 0 aromatic heterocycles. The summed E-state index contributed by atoms with van der Waals surface area (Å²) < 4.78 is 16.0. The standard InChI is InChI=1S/C22H26N2O7/c1-29-18-11-15(12-19(30-2)20(18)31-3)22(28)24-6-4-5-23(7-8-24)21(27)14-9-16(25)13-17(26)10-14/h9-13,25-26H,4-8H2,1-3H3. The molecule has 2 aromatic carbocycles. The summed E-state index contributed by atoms with van der Waals surface area (Å²) in [5.74, 6) is 0.302. The fourth-order valence-corrected chi connectivity index (χ4v) is 3.61. The second kappa shape index (κ2) is 9.46. The molecule has 0 unspecified atom stereocenters. The number of benzene rings is 2. The first-order chi connectivity index (χ1) is 14.9. The lowest BCUT2D eigenvalue weighted by molar-refractivity contribution is 0.0718. The van der Waals surface area contributed by atoms with Gasteiger partial charge in [0.2, 0.25) is 5.75 Å². The Morgan fingerprint density at radius 2 is 1.16 bits per heavy atom. The van der Waals surface area contributed by atoms with Gasteiger partial charge in [-0.15, -0.1) is 0 Å². The highest BCUT2D eigenvalue weighted by molar-refractivity contribution is 5.96. The van der Waals surface area contributed by atoms with Crippen molar-refractivity contribution in [2.45, 2.75) is 6.42 Å². The number of aromatic hydroxyl groups is 2. The molecule has 1 aliphatic rings. The van der Waals surface area contributed by atoms with Gasteiger partial charge in [0.1, 0.15) is 11.5 Å². The molecule has 1 heterocycles. The zero-order valence-corrected chi connectivity index (χ0v) is 17.8. The van der Waals surface area contributed by atoms with E-state index in [-0.39, 0.29) is 28.9 Å². The van der Waals surface area contributed by atoms with E-state index in [0.29, 0.717) is 55.4 Å². The van der Waals surface area contributed by atoms with Gasteiger partial charge in [-0.1, -0.05) is 0 Å². The van der Waals surface area contributed by atoms with Gasteiger partial charge in [0.15, 0.2) is 11.5 Å². The van der Waals surface area contributed by atoms with Crippen LogP contribution in [0, 0.1) is 0 Å². The Balaban J connectivity index is 1.76. The molecular weight excluding hydrogens is 404 g/mol. The van der Waals surface area contributed by atoms with Crippen molar-refractivity contribution in [1.29, 1.82) is 0 Å². The minimum atomic E-state index is -0.312. The van der Waals surface area contributed by atoms with Crippen LogP contribution in [0.3, 0.4) is 0 Å². The van der Waals surface area contributed by atoms with Gasteiger partial charge in [-0.3, -0.25) is 9.59 Å². The first-order valence-electron chi connectivity index (χ1n) is 9.79. The van der Waals surface area contributed by atoms with E-state index in [1.165, 1.54) is 33.5 Å². The third-order valence-corrected chi connectivity index (χ3v) is 5.13. The van der Waals surface area contributed by atoms with E-state index in [2.05, 4.69) is 0 Å². The second-order valence-electron chi connectivity index (χ2n) is 7.09. The fraction of sp³-hybridized carbons (Fsp3) is 0.364. The predicted molar refractivity (Wildman–Crippen MR) is 112 cm³/mol. The van der Waals surface area contributed by atoms with Crippen LogP contribution >= 0.6 is 0 Å². The van der Waals surface area contributed by atoms with Crippen LogP contribution in [0.25, 0.3) is 0 Å².